The van der Waals surface area contributed by atoms with Gasteiger partial charge in [0.25, 0.3) is 0 Å². The van der Waals surface area contributed by atoms with Crippen LogP contribution in [0.5, 0.6) is 5.75 Å². The lowest BCUT2D eigenvalue weighted by Crippen LogP contribution is -2.28. The highest BCUT2D eigenvalue weighted by Crippen LogP contribution is 2.36. The summed E-state index contributed by atoms with van der Waals surface area (Å²) in [6, 6.07) is 15.7. The topological polar surface area (TPSA) is 29.5 Å². The van der Waals surface area contributed by atoms with Crippen LogP contribution in [-0.4, -0.2) is 12.2 Å². The van der Waals surface area contributed by atoms with Gasteiger partial charge in [0.05, 0.1) is 7.11 Å². The average Bonchev–Trinajstić information content (AvgIpc) is 2.48. The highest BCUT2D eigenvalue weighted by atomic mass is 16.5. The molecule has 1 unspecified atom stereocenters. The number of rotatable bonds is 5. The van der Waals surface area contributed by atoms with Crippen LogP contribution in [0, 0.1) is 6.92 Å². The molecule has 2 rings (SSSR count). The Morgan fingerprint density at radius 2 is 1.80 bits per heavy atom. The Morgan fingerprint density at radius 1 is 1.10 bits per heavy atom. The van der Waals surface area contributed by atoms with Crippen LogP contribution in [0.4, 0.5) is 0 Å². The van der Waals surface area contributed by atoms with E-state index in [0.717, 1.165) is 28.9 Å². The van der Waals surface area contributed by atoms with Gasteiger partial charge in [-0.15, -0.1) is 0 Å². The average molecular weight is 270 g/mol. The molecule has 0 aromatic heterocycles. The van der Waals surface area contributed by atoms with Crippen LogP contribution in [0.15, 0.2) is 48.5 Å². The van der Waals surface area contributed by atoms with Crippen molar-refractivity contribution < 1.29 is 9.84 Å². The second-order valence-electron chi connectivity index (χ2n) is 5.16. The number of hydrogen-bond donors (Lipinski definition) is 1. The molecule has 2 heteroatoms. The van der Waals surface area contributed by atoms with E-state index in [2.05, 4.69) is 6.92 Å². The van der Waals surface area contributed by atoms with Crippen molar-refractivity contribution in [1.82, 2.24) is 0 Å². The molecule has 0 aliphatic carbocycles. The molecule has 1 N–H and O–H groups in total. The molecule has 0 aliphatic rings. The predicted molar refractivity (Wildman–Crippen MR) is 82.1 cm³/mol. The normalized spacial score (nSPS) is 13.8. The third-order valence-electron chi connectivity index (χ3n) is 3.74. The highest BCUT2D eigenvalue weighted by Gasteiger charge is 2.31. The van der Waals surface area contributed by atoms with E-state index in [1.54, 1.807) is 7.11 Å². The van der Waals surface area contributed by atoms with Gasteiger partial charge in [-0.1, -0.05) is 49.7 Å². The lowest BCUT2D eigenvalue weighted by Gasteiger charge is -2.30. The molecule has 20 heavy (non-hydrogen) atoms. The van der Waals surface area contributed by atoms with E-state index in [4.69, 9.17) is 4.74 Å². The molecule has 2 nitrogen and oxygen atoms in total. The molecule has 0 amide bonds. The molecule has 2 aromatic carbocycles. The Hall–Kier alpha value is -1.80. The maximum absolute atomic E-state index is 11.3. The number of hydrogen-bond acceptors (Lipinski definition) is 2. The van der Waals surface area contributed by atoms with Crippen molar-refractivity contribution in [2.45, 2.75) is 32.3 Å². The molecule has 0 bridgehead atoms. The van der Waals surface area contributed by atoms with Crippen molar-refractivity contribution in [3.05, 3.63) is 65.2 Å². The van der Waals surface area contributed by atoms with Gasteiger partial charge >= 0.3 is 0 Å². The third-order valence-corrected chi connectivity index (χ3v) is 3.74. The Bertz CT molecular complexity index is 563. The first-order valence-electron chi connectivity index (χ1n) is 7.05. The molecule has 0 spiro atoms. The minimum Gasteiger partial charge on any atom is -0.497 e. The number of aliphatic hydroxyl groups is 1. The van der Waals surface area contributed by atoms with Gasteiger partial charge in [0.15, 0.2) is 0 Å². The van der Waals surface area contributed by atoms with Gasteiger partial charge in [0.1, 0.15) is 11.4 Å². The Morgan fingerprint density at radius 3 is 2.35 bits per heavy atom. The van der Waals surface area contributed by atoms with Crippen LogP contribution in [0.1, 0.15) is 36.5 Å². The molecule has 2 aromatic rings. The van der Waals surface area contributed by atoms with Crippen LogP contribution in [0.3, 0.4) is 0 Å². The summed E-state index contributed by atoms with van der Waals surface area (Å²) in [5.41, 5.74) is 2.00. The summed E-state index contributed by atoms with van der Waals surface area (Å²) in [6.07, 6.45) is 1.61. The Kier molecular flexibility index (Phi) is 4.46. The van der Waals surface area contributed by atoms with E-state index in [9.17, 15) is 5.11 Å². The molecule has 1 atom stereocenters. The maximum Gasteiger partial charge on any atom is 0.119 e. The van der Waals surface area contributed by atoms with Gasteiger partial charge in [-0.05, 0) is 42.2 Å². The molecule has 106 valence electrons. The smallest absolute Gasteiger partial charge is 0.119 e. The van der Waals surface area contributed by atoms with E-state index >= 15 is 0 Å². The fourth-order valence-corrected chi connectivity index (χ4v) is 2.74. The Labute approximate surface area is 121 Å². The van der Waals surface area contributed by atoms with Gasteiger partial charge < -0.3 is 9.84 Å². The third kappa shape index (κ3) is 2.70. The van der Waals surface area contributed by atoms with Crippen LogP contribution in [0.2, 0.25) is 0 Å². The quantitative estimate of drug-likeness (QED) is 0.888. The summed E-state index contributed by atoms with van der Waals surface area (Å²) in [5.74, 6) is 0.818. The minimum absolute atomic E-state index is 0.699. The van der Waals surface area contributed by atoms with Crippen molar-refractivity contribution in [2.24, 2.45) is 0 Å². The molecule has 0 heterocycles. The summed E-state index contributed by atoms with van der Waals surface area (Å²) >= 11 is 0. The van der Waals surface area contributed by atoms with E-state index in [1.165, 1.54) is 0 Å². The summed E-state index contributed by atoms with van der Waals surface area (Å²) in [6.45, 7) is 4.11. The van der Waals surface area contributed by atoms with Crippen molar-refractivity contribution in [2.75, 3.05) is 7.11 Å². The predicted octanol–water partition coefficient (Wildman–Crippen LogP) is 4.04. The van der Waals surface area contributed by atoms with Gasteiger partial charge in [0, 0.05) is 0 Å². The zero-order valence-electron chi connectivity index (χ0n) is 12.4. The van der Waals surface area contributed by atoms with Crippen LogP contribution in [-0.2, 0) is 5.60 Å². The SMILES string of the molecule is CCCC(O)(c1ccccc1)c1ccc(OC)cc1C. The van der Waals surface area contributed by atoms with Crippen molar-refractivity contribution in [3.8, 4) is 5.75 Å². The van der Waals surface area contributed by atoms with Crippen LogP contribution >= 0.6 is 0 Å². The number of methoxy groups -OCH3 is 1. The Balaban J connectivity index is 2.53. The first-order chi connectivity index (χ1) is 9.61. The fraction of sp³-hybridized carbons (Fsp3) is 0.333. The molecule has 0 radical (unpaired) electrons. The fourth-order valence-electron chi connectivity index (χ4n) is 2.74. The second-order valence-corrected chi connectivity index (χ2v) is 5.16. The van der Waals surface area contributed by atoms with Crippen molar-refractivity contribution in [3.63, 3.8) is 0 Å². The van der Waals surface area contributed by atoms with Crippen molar-refractivity contribution >= 4 is 0 Å². The summed E-state index contributed by atoms with van der Waals surface area (Å²) in [7, 11) is 1.66. The summed E-state index contributed by atoms with van der Waals surface area (Å²) in [4.78, 5) is 0. The van der Waals surface area contributed by atoms with E-state index in [1.807, 2.05) is 55.5 Å². The lowest BCUT2D eigenvalue weighted by atomic mass is 9.81. The zero-order valence-corrected chi connectivity index (χ0v) is 12.4. The van der Waals surface area contributed by atoms with Gasteiger partial charge in [0.2, 0.25) is 0 Å². The molecule has 0 saturated heterocycles. The molecular weight excluding hydrogens is 248 g/mol. The van der Waals surface area contributed by atoms with Crippen molar-refractivity contribution in [1.29, 1.82) is 0 Å². The number of benzene rings is 2. The zero-order chi connectivity index (χ0) is 14.6. The van der Waals surface area contributed by atoms with E-state index in [-0.39, 0.29) is 0 Å². The number of aryl methyl sites for hydroxylation is 1. The van der Waals surface area contributed by atoms with Crippen LogP contribution in [0.25, 0.3) is 0 Å². The first kappa shape index (κ1) is 14.6. The standard InChI is InChI=1S/C18H22O2/c1-4-12-18(19,15-8-6-5-7-9-15)17-11-10-16(20-3)13-14(17)2/h5-11,13,19H,4,12H2,1-3H3. The van der Waals surface area contributed by atoms with Gasteiger partial charge in [-0.3, -0.25) is 0 Å². The molecule has 0 saturated carbocycles. The molecular formula is C18H22O2. The summed E-state index contributed by atoms with van der Waals surface area (Å²) < 4.78 is 5.25. The van der Waals surface area contributed by atoms with Gasteiger partial charge in [-0.2, -0.15) is 0 Å². The minimum atomic E-state index is -0.938. The molecule has 0 aliphatic heterocycles. The van der Waals surface area contributed by atoms with Crippen LogP contribution < -0.4 is 4.74 Å². The highest BCUT2D eigenvalue weighted by molar-refractivity contribution is 5.43. The summed E-state index contributed by atoms with van der Waals surface area (Å²) in [5, 5.41) is 11.3. The second kappa shape index (κ2) is 6.10. The number of ether oxygens (including phenoxy) is 1. The van der Waals surface area contributed by atoms with E-state index < -0.39 is 5.60 Å². The molecule has 0 fully saturated rings. The van der Waals surface area contributed by atoms with Gasteiger partial charge in [-0.25, -0.2) is 0 Å². The monoisotopic (exact) mass is 270 g/mol. The largest absolute Gasteiger partial charge is 0.497 e. The maximum atomic E-state index is 11.3. The van der Waals surface area contributed by atoms with E-state index in [0.29, 0.717) is 6.42 Å². The lowest BCUT2D eigenvalue weighted by molar-refractivity contribution is 0.0695. The first-order valence-corrected chi connectivity index (χ1v) is 7.05.